The zero-order valence-electron chi connectivity index (χ0n) is 7.14. The van der Waals surface area contributed by atoms with Gasteiger partial charge in [-0.1, -0.05) is 0 Å². The summed E-state index contributed by atoms with van der Waals surface area (Å²) < 4.78 is 41.6. The van der Waals surface area contributed by atoms with Gasteiger partial charge in [-0.15, -0.1) is 0 Å². The first kappa shape index (κ1) is 10.7. The Labute approximate surface area is 73.9 Å². The number of hydrogen-bond acceptors (Lipinski definition) is 3. The van der Waals surface area contributed by atoms with Crippen molar-refractivity contribution in [1.29, 1.82) is 0 Å². The maximum Gasteiger partial charge on any atom is 0.395 e. The van der Waals surface area contributed by atoms with Gasteiger partial charge in [0.1, 0.15) is 0 Å². The normalized spacial score (nSPS) is 35.3. The van der Waals surface area contributed by atoms with E-state index in [0.29, 0.717) is 0 Å². The fraction of sp³-hybridized carbons (Fsp3) is 1.00. The van der Waals surface area contributed by atoms with E-state index < -0.39 is 24.2 Å². The SMILES string of the molecule is COCC1NCC(O)C1C(F)(F)F. The lowest BCUT2D eigenvalue weighted by atomic mass is 9.98. The van der Waals surface area contributed by atoms with Crippen molar-refractivity contribution >= 4 is 0 Å². The molecule has 13 heavy (non-hydrogen) atoms. The van der Waals surface area contributed by atoms with E-state index in [0.717, 1.165) is 0 Å². The Morgan fingerprint density at radius 3 is 2.62 bits per heavy atom. The Morgan fingerprint density at radius 1 is 1.54 bits per heavy atom. The molecule has 6 heteroatoms. The van der Waals surface area contributed by atoms with Crippen molar-refractivity contribution in [1.82, 2.24) is 5.32 Å². The van der Waals surface area contributed by atoms with Gasteiger partial charge >= 0.3 is 6.18 Å². The Bertz CT molecular complexity index is 172. The Morgan fingerprint density at radius 2 is 2.15 bits per heavy atom. The minimum absolute atomic E-state index is 0.0296. The molecule has 0 amide bonds. The molecular weight excluding hydrogens is 187 g/mol. The third-order valence-electron chi connectivity index (χ3n) is 2.16. The molecule has 0 spiro atoms. The van der Waals surface area contributed by atoms with Crippen molar-refractivity contribution in [2.45, 2.75) is 18.3 Å². The molecule has 1 aliphatic heterocycles. The van der Waals surface area contributed by atoms with E-state index in [9.17, 15) is 13.2 Å². The first-order valence-electron chi connectivity index (χ1n) is 3.94. The summed E-state index contributed by atoms with van der Waals surface area (Å²) in [4.78, 5) is 0. The molecule has 3 atom stereocenters. The highest BCUT2D eigenvalue weighted by atomic mass is 19.4. The van der Waals surface area contributed by atoms with Crippen LogP contribution >= 0.6 is 0 Å². The van der Waals surface area contributed by atoms with Crippen molar-refractivity contribution < 1.29 is 23.0 Å². The fourth-order valence-corrected chi connectivity index (χ4v) is 1.58. The lowest BCUT2D eigenvalue weighted by Crippen LogP contribution is -2.41. The number of hydrogen-bond donors (Lipinski definition) is 2. The number of rotatable bonds is 2. The molecule has 0 radical (unpaired) electrons. The summed E-state index contributed by atoms with van der Waals surface area (Å²) in [7, 11) is 1.33. The molecule has 1 aliphatic rings. The summed E-state index contributed by atoms with van der Waals surface area (Å²) in [5.74, 6) is -1.72. The van der Waals surface area contributed by atoms with Crippen LogP contribution in [0.3, 0.4) is 0 Å². The van der Waals surface area contributed by atoms with Gasteiger partial charge in [0.15, 0.2) is 0 Å². The molecule has 1 heterocycles. The molecule has 0 aliphatic carbocycles. The monoisotopic (exact) mass is 199 g/mol. The van der Waals surface area contributed by atoms with E-state index in [1.54, 1.807) is 0 Å². The van der Waals surface area contributed by atoms with Crippen molar-refractivity contribution in [3.63, 3.8) is 0 Å². The quantitative estimate of drug-likeness (QED) is 0.665. The van der Waals surface area contributed by atoms with E-state index in [-0.39, 0.29) is 13.2 Å². The van der Waals surface area contributed by atoms with Crippen LogP contribution in [-0.4, -0.2) is 43.7 Å². The lowest BCUT2D eigenvalue weighted by Gasteiger charge is -2.23. The van der Waals surface area contributed by atoms with Crippen molar-refractivity contribution in [3.8, 4) is 0 Å². The predicted octanol–water partition coefficient (Wildman–Crippen LogP) is 0.144. The fourth-order valence-electron chi connectivity index (χ4n) is 1.58. The van der Waals surface area contributed by atoms with Gasteiger partial charge in [0, 0.05) is 19.7 Å². The highest BCUT2D eigenvalue weighted by Crippen LogP contribution is 2.34. The number of ether oxygens (including phenoxy) is 1. The third-order valence-corrected chi connectivity index (χ3v) is 2.16. The second-order valence-electron chi connectivity index (χ2n) is 3.10. The van der Waals surface area contributed by atoms with Gasteiger partial charge in [-0.05, 0) is 0 Å². The molecule has 1 fully saturated rings. The van der Waals surface area contributed by atoms with Gasteiger partial charge in [0.2, 0.25) is 0 Å². The number of alkyl halides is 3. The van der Waals surface area contributed by atoms with Gasteiger partial charge in [-0.25, -0.2) is 0 Å². The highest BCUT2D eigenvalue weighted by molar-refractivity contribution is 4.94. The molecule has 0 aromatic rings. The second kappa shape index (κ2) is 3.81. The first-order chi connectivity index (χ1) is 5.96. The summed E-state index contributed by atoms with van der Waals surface area (Å²) in [6, 6.07) is -0.833. The number of methoxy groups -OCH3 is 1. The maximum absolute atomic E-state index is 12.3. The molecule has 3 nitrogen and oxygen atoms in total. The van der Waals surface area contributed by atoms with Crippen molar-refractivity contribution in [2.75, 3.05) is 20.3 Å². The molecule has 3 unspecified atom stereocenters. The molecule has 78 valence electrons. The van der Waals surface area contributed by atoms with Gasteiger partial charge < -0.3 is 15.2 Å². The smallest absolute Gasteiger partial charge is 0.391 e. The Balaban J connectivity index is 2.65. The van der Waals surface area contributed by atoms with E-state index in [4.69, 9.17) is 5.11 Å². The van der Waals surface area contributed by atoms with Crippen LogP contribution in [0.25, 0.3) is 0 Å². The summed E-state index contributed by atoms with van der Waals surface area (Å²) in [6.07, 6.45) is -5.73. The van der Waals surface area contributed by atoms with Gasteiger partial charge in [0.05, 0.1) is 18.6 Å². The zero-order valence-corrected chi connectivity index (χ0v) is 7.14. The van der Waals surface area contributed by atoms with Crippen LogP contribution in [0.15, 0.2) is 0 Å². The lowest BCUT2D eigenvalue weighted by molar-refractivity contribution is -0.198. The summed E-state index contributed by atoms with van der Waals surface area (Å²) in [5, 5.41) is 11.7. The highest BCUT2D eigenvalue weighted by Gasteiger charge is 2.52. The molecule has 2 N–H and O–H groups in total. The summed E-state index contributed by atoms with van der Waals surface area (Å²) in [5.41, 5.74) is 0. The average molecular weight is 199 g/mol. The number of aliphatic hydroxyl groups is 1. The Hall–Kier alpha value is -0.330. The summed E-state index contributed by atoms with van der Waals surface area (Å²) in [6.45, 7) is -0.0700. The first-order valence-corrected chi connectivity index (χ1v) is 3.94. The van der Waals surface area contributed by atoms with E-state index in [2.05, 4.69) is 10.1 Å². The minimum Gasteiger partial charge on any atom is -0.391 e. The third kappa shape index (κ3) is 2.32. The number of β-amino-alcohol motifs (C(OH)–C–C–N with tert-alkyl or cyclic N) is 1. The zero-order chi connectivity index (χ0) is 10.1. The predicted molar refractivity (Wildman–Crippen MR) is 39.2 cm³/mol. The molecule has 0 aromatic carbocycles. The second-order valence-corrected chi connectivity index (χ2v) is 3.10. The molecular formula is C7H12F3NO2. The van der Waals surface area contributed by atoms with Crippen LogP contribution in [0, 0.1) is 5.92 Å². The minimum atomic E-state index is -4.37. The number of aliphatic hydroxyl groups excluding tert-OH is 1. The topological polar surface area (TPSA) is 41.5 Å². The Kier molecular flexibility index (Phi) is 3.15. The number of halogens is 3. The standard InChI is InChI=1S/C7H12F3NO2/c1-13-3-4-6(7(8,9)10)5(12)2-11-4/h4-6,11-12H,2-3H2,1H3. The van der Waals surface area contributed by atoms with Gasteiger partial charge in [0.25, 0.3) is 0 Å². The van der Waals surface area contributed by atoms with E-state index in [1.165, 1.54) is 7.11 Å². The average Bonchev–Trinajstić information content (AvgIpc) is 2.31. The van der Waals surface area contributed by atoms with Crippen molar-refractivity contribution in [3.05, 3.63) is 0 Å². The molecule has 0 bridgehead atoms. The van der Waals surface area contributed by atoms with Crippen molar-refractivity contribution in [2.24, 2.45) is 5.92 Å². The van der Waals surface area contributed by atoms with Crippen LogP contribution in [0.5, 0.6) is 0 Å². The number of nitrogens with one attached hydrogen (secondary N) is 1. The van der Waals surface area contributed by atoms with E-state index in [1.807, 2.05) is 0 Å². The molecule has 0 aromatic heterocycles. The van der Waals surface area contributed by atoms with Crippen LogP contribution < -0.4 is 5.32 Å². The molecule has 0 saturated carbocycles. The molecule has 1 saturated heterocycles. The molecule has 1 rings (SSSR count). The van der Waals surface area contributed by atoms with Crippen LogP contribution in [0.4, 0.5) is 13.2 Å². The van der Waals surface area contributed by atoms with Crippen LogP contribution in [-0.2, 0) is 4.74 Å². The van der Waals surface area contributed by atoms with Gasteiger partial charge in [-0.2, -0.15) is 13.2 Å². The van der Waals surface area contributed by atoms with E-state index >= 15 is 0 Å². The van der Waals surface area contributed by atoms with Crippen LogP contribution in [0.1, 0.15) is 0 Å². The van der Waals surface area contributed by atoms with Crippen LogP contribution in [0.2, 0.25) is 0 Å². The van der Waals surface area contributed by atoms with Gasteiger partial charge in [-0.3, -0.25) is 0 Å². The maximum atomic E-state index is 12.3. The summed E-state index contributed by atoms with van der Waals surface area (Å²) >= 11 is 0. The largest absolute Gasteiger partial charge is 0.395 e.